The number of carbonyl (C=O) groups excluding carboxylic acids is 1. The van der Waals surface area contributed by atoms with Gasteiger partial charge in [-0.1, -0.05) is 37.6 Å². The Hall–Kier alpha value is -1.15. The second-order valence-electron chi connectivity index (χ2n) is 7.85. The van der Waals surface area contributed by atoms with Gasteiger partial charge in [-0.05, 0) is 24.1 Å². The lowest BCUT2D eigenvalue weighted by Gasteiger charge is -2.40. The molecule has 3 aliphatic rings. The number of halogens is 1. The molecule has 3 fully saturated rings. The Bertz CT molecular complexity index is 843. The monoisotopic (exact) mass is 398 g/mol. The molecule has 3 aliphatic heterocycles. The first-order chi connectivity index (χ1) is 12.2. The van der Waals surface area contributed by atoms with E-state index in [4.69, 9.17) is 16.3 Å². The number of rotatable bonds is 3. The minimum absolute atomic E-state index is 0.0593. The number of nitrogens with zero attached hydrogens (tertiary/aromatic N) is 2. The van der Waals surface area contributed by atoms with E-state index in [0.717, 1.165) is 5.56 Å². The van der Waals surface area contributed by atoms with E-state index in [0.29, 0.717) is 24.5 Å². The molecular formula is C18H23ClN2O4S. The van der Waals surface area contributed by atoms with Crippen molar-refractivity contribution in [2.24, 2.45) is 5.92 Å². The van der Waals surface area contributed by atoms with E-state index in [1.807, 2.05) is 26.0 Å². The van der Waals surface area contributed by atoms with Gasteiger partial charge in [-0.25, -0.2) is 8.42 Å². The molecule has 0 saturated carbocycles. The van der Waals surface area contributed by atoms with E-state index >= 15 is 0 Å². The molecule has 0 aromatic heterocycles. The third-order valence-electron chi connectivity index (χ3n) is 5.56. The third-order valence-corrected chi connectivity index (χ3v) is 8.12. The lowest BCUT2D eigenvalue weighted by atomic mass is 9.98. The molecule has 1 spiro atoms. The summed E-state index contributed by atoms with van der Waals surface area (Å²) in [7, 11) is -3.48. The van der Waals surface area contributed by atoms with Gasteiger partial charge in [0.2, 0.25) is 15.9 Å². The van der Waals surface area contributed by atoms with Crippen molar-refractivity contribution in [3.63, 3.8) is 0 Å². The van der Waals surface area contributed by atoms with Gasteiger partial charge in [-0.3, -0.25) is 4.79 Å². The van der Waals surface area contributed by atoms with Crippen LogP contribution < -0.4 is 0 Å². The van der Waals surface area contributed by atoms with Crippen LogP contribution in [0.1, 0.15) is 25.8 Å². The van der Waals surface area contributed by atoms with Crippen LogP contribution in [-0.2, 0) is 26.1 Å². The standard InChI is InChI=1S/C18H23ClN2O4S/c1-12(2)17(22)20-9-15-7-16-18(10-20,25-15)11-21(26(16,23)24)8-13-4-3-5-14(19)6-13/h3-6,12,15-16H,7-11H2,1-2H3/t15-,16+,18+/m0/s1. The number of ether oxygens (including phenoxy) is 1. The van der Waals surface area contributed by atoms with Crippen molar-refractivity contribution in [2.75, 3.05) is 19.6 Å². The largest absolute Gasteiger partial charge is 0.365 e. The highest BCUT2D eigenvalue weighted by molar-refractivity contribution is 7.90. The summed E-state index contributed by atoms with van der Waals surface area (Å²) in [6.07, 6.45) is 0.260. The molecule has 6 nitrogen and oxygen atoms in total. The van der Waals surface area contributed by atoms with Gasteiger partial charge in [-0.2, -0.15) is 4.31 Å². The molecule has 1 aromatic carbocycles. The minimum atomic E-state index is -3.48. The molecule has 1 aromatic rings. The first-order valence-electron chi connectivity index (χ1n) is 8.91. The normalized spacial score (nSPS) is 32.8. The number of sulfonamides is 1. The summed E-state index contributed by atoms with van der Waals surface area (Å²) in [6, 6.07) is 7.23. The van der Waals surface area contributed by atoms with Crippen LogP contribution in [0.4, 0.5) is 0 Å². The molecule has 0 N–H and O–H groups in total. The Morgan fingerprint density at radius 3 is 2.85 bits per heavy atom. The Labute approximate surface area is 159 Å². The molecule has 0 unspecified atom stereocenters. The number of likely N-dealkylation sites (tertiary alicyclic amines) is 1. The van der Waals surface area contributed by atoms with E-state index in [1.165, 1.54) is 4.31 Å². The van der Waals surface area contributed by atoms with Crippen LogP contribution in [0.5, 0.6) is 0 Å². The molecule has 3 heterocycles. The fourth-order valence-electron chi connectivity index (χ4n) is 4.46. The maximum atomic E-state index is 13.1. The van der Waals surface area contributed by atoms with Crippen molar-refractivity contribution >= 4 is 27.5 Å². The van der Waals surface area contributed by atoms with E-state index in [-0.39, 0.29) is 31.0 Å². The van der Waals surface area contributed by atoms with Gasteiger partial charge in [-0.15, -0.1) is 0 Å². The van der Waals surface area contributed by atoms with Crippen LogP contribution in [0.3, 0.4) is 0 Å². The van der Waals surface area contributed by atoms with Crippen LogP contribution in [0, 0.1) is 5.92 Å². The van der Waals surface area contributed by atoms with Gasteiger partial charge in [0.15, 0.2) is 0 Å². The number of carbonyl (C=O) groups is 1. The maximum Gasteiger partial charge on any atom is 0.225 e. The predicted molar refractivity (Wildman–Crippen MR) is 98.2 cm³/mol. The van der Waals surface area contributed by atoms with Gasteiger partial charge >= 0.3 is 0 Å². The second-order valence-corrected chi connectivity index (χ2v) is 10.4. The highest BCUT2D eigenvalue weighted by atomic mass is 35.5. The molecule has 1 amide bonds. The summed E-state index contributed by atoms with van der Waals surface area (Å²) in [5, 5.41) is 0.00397. The zero-order valence-electron chi connectivity index (χ0n) is 14.9. The Kier molecular flexibility index (Phi) is 4.34. The first kappa shape index (κ1) is 18.2. The van der Waals surface area contributed by atoms with Crippen LogP contribution in [0.2, 0.25) is 5.02 Å². The van der Waals surface area contributed by atoms with Gasteiger partial charge in [0.1, 0.15) is 10.9 Å². The molecule has 2 bridgehead atoms. The predicted octanol–water partition coefficient (Wildman–Crippen LogP) is 1.88. The van der Waals surface area contributed by atoms with Gasteiger partial charge in [0.25, 0.3) is 0 Å². The van der Waals surface area contributed by atoms with E-state index < -0.39 is 20.9 Å². The average Bonchev–Trinajstić information content (AvgIpc) is 2.93. The SMILES string of the molecule is CC(C)C(=O)N1C[C@@H]2C[C@@H]3[C@@](C1)(CN(Cc1cccc(Cl)c1)S3(=O)=O)O2. The Morgan fingerprint density at radius 1 is 1.38 bits per heavy atom. The Balaban J connectivity index is 1.60. The number of morpholine rings is 1. The van der Waals surface area contributed by atoms with E-state index in [9.17, 15) is 13.2 Å². The fraction of sp³-hybridized carbons (Fsp3) is 0.611. The molecule has 142 valence electrons. The molecular weight excluding hydrogens is 376 g/mol. The van der Waals surface area contributed by atoms with Crippen molar-refractivity contribution in [1.29, 1.82) is 0 Å². The molecule has 0 radical (unpaired) electrons. The summed E-state index contributed by atoms with van der Waals surface area (Å²) < 4.78 is 33.9. The van der Waals surface area contributed by atoms with Crippen molar-refractivity contribution < 1.29 is 17.9 Å². The van der Waals surface area contributed by atoms with Gasteiger partial charge in [0.05, 0.1) is 12.6 Å². The zero-order chi connectivity index (χ0) is 18.7. The third kappa shape index (κ3) is 2.85. The second kappa shape index (κ2) is 6.19. The zero-order valence-corrected chi connectivity index (χ0v) is 16.5. The summed E-state index contributed by atoms with van der Waals surface area (Å²) in [4.78, 5) is 14.3. The van der Waals surface area contributed by atoms with Crippen LogP contribution >= 0.6 is 11.6 Å². The molecule has 3 atom stereocenters. The van der Waals surface area contributed by atoms with Crippen molar-refractivity contribution in [3.05, 3.63) is 34.9 Å². The molecule has 3 saturated heterocycles. The lowest BCUT2D eigenvalue weighted by molar-refractivity contribution is -0.153. The summed E-state index contributed by atoms with van der Waals surface area (Å²) >= 11 is 6.03. The number of hydrogen-bond acceptors (Lipinski definition) is 4. The average molecular weight is 399 g/mol. The quantitative estimate of drug-likeness (QED) is 0.779. The highest BCUT2D eigenvalue weighted by Gasteiger charge is 2.65. The topological polar surface area (TPSA) is 66.9 Å². The van der Waals surface area contributed by atoms with Crippen LogP contribution in [-0.4, -0.2) is 60.1 Å². The molecule has 8 heteroatoms. The van der Waals surface area contributed by atoms with Gasteiger partial charge in [0, 0.05) is 30.6 Å². The highest BCUT2D eigenvalue weighted by Crippen LogP contribution is 2.47. The Morgan fingerprint density at radius 2 is 2.15 bits per heavy atom. The number of fused-ring (bicyclic) bond motifs is 1. The van der Waals surface area contributed by atoms with Crippen LogP contribution in [0.15, 0.2) is 24.3 Å². The summed E-state index contributed by atoms with van der Waals surface area (Å²) in [5.41, 5.74) is 0.0325. The van der Waals surface area contributed by atoms with Crippen LogP contribution in [0.25, 0.3) is 0 Å². The number of hydrogen-bond donors (Lipinski definition) is 0. The van der Waals surface area contributed by atoms with E-state index in [1.54, 1.807) is 17.0 Å². The number of amides is 1. The molecule has 0 aliphatic carbocycles. The summed E-state index contributed by atoms with van der Waals surface area (Å²) in [5.74, 6) is -0.0491. The smallest absolute Gasteiger partial charge is 0.225 e. The molecule has 4 rings (SSSR count). The fourth-order valence-corrected chi connectivity index (χ4v) is 6.97. The summed E-state index contributed by atoms with van der Waals surface area (Å²) in [6.45, 7) is 5.12. The van der Waals surface area contributed by atoms with Gasteiger partial charge < -0.3 is 9.64 Å². The maximum absolute atomic E-state index is 13.1. The molecule has 26 heavy (non-hydrogen) atoms. The first-order valence-corrected chi connectivity index (χ1v) is 10.8. The minimum Gasteiger partial charge on any atom is -0.365 e. The number of benzene rings is 1. The lowest BCUT2D eigenvalue weighted by Crippen LogP contribution is -2.57. The van der Waals surface area contributed by atoms with Crippen molar-refractivity contribution in [1.82, 2.24) is 9.21 Å². The van der Waals surface area contributed by atoms with E-state index in [2.05, 4.69) is 0 Å². The van der Waals surface area contributed by atoms with Crippen molar-refractivity contribution in [3.8, 4) is 0 Å². The van der Waals surface area contributed by atoms with Crippen molar-refractivity contribution in [2.45, 2.75) is 43.8 Å².